The maximum atomic E-state index is 12.8. The van der Waals surface area contributed by atoms with Crippen molar-refractivity contribution in [3.8, 4) is 0 Å². The van der Waals surface area contributed by atoms with Crippen LogP contribution in [-0.4, -0.2) is 85.7 Å². The summed E-state index contributed by atoms with van der Waals surface area (Å²) in [6, 6.07) is 1.25. The standard InChI is InChI=1S/C50H85N3O15P2/c1-3-5-7-9-11-13-15-17-19-20-22-24-26-28-30-32-34-36-46(55)66-42(39-63-45(54)35-33-31-29-27-25-23-21-18-16-14-12-10-8-6-4-2)40-64-69(59,60)68-70(61,62)65-41-43-47(56)48(57)49(67-43)53-38-37-44(51)52-50(53)58/h11,13,17,19,22,24,28,30,37-38,42-43,47-49,56-57H,3-10,12,14-16,18,20-21,23,25-27,29,31-36,39-41H2,1-2H3,(H,59,60)(H,61,62)(H2,51,52,58)/b13-11-,19-17-,24-22-,30-28-/t42-,43-,47+,48?,49-/m1/s1. The minimum Gasteiger partial charge on any atom is -0.462 e. The number of aliphatic hydroxyl groups excluding tert-OH is 2. The lowest BCUT2D eigenvalue weighted by Crippen LogP contribution is -2.36. The molecule has 20 heteroatoms. The lowest BCUT2D eigenvalue weighted by molar-refractivity contribution is -0.161. The number of allylic oxidation sites excluding steroid dienone is 8. The molecule has 18 nitrogen and oxygen atoms in total. The molecular formula is C50H85N3O15P2. The second-order valence-corrected chi connectivity index (χ2v) is 20.7. The summed E-state index contributed by atoms with van der Waals surface area (Å²) in [6.45, 7) is 2.09. The third-order valence-corrected chi connectivity index (χ3v) is 14.0. The quantitative estimate of drug-likeness (QED) is 0.0176. The Morgan fingerprint density at radius 2 is 1.17 bits per heavy atom. The highest BCUT2D eigenvalue weighted by Gasteiger charge is 2.46. The summed E-state index contributed by atoms with van der Waals surface area (Å²) in [5, 5.41) is 20.9. The first-order chi connectivity index (χ1) is 33.7. The Bertz CT molecular complexity index is 1860. The highest BCUT2D eigenvalue weighted by Crippen LogP contribution is 2.60. The number of hydrogen-bond donors (Lipinski definition) is 5. The molecule has 1 aliphatic heterocycles. The van der Waals surface area contributed by atoms with Crippen molar-refractivity contribution in [1.29, 1.82) is 0 Å². The molecule has 70 heavy (non-hydrogen) atoms. The van der Waals surface area contributed by atoms with E-state index >= 15 is 0 Å². The molecule has 0 spiro atoms. The number of ether oxygens (including phenoxy) is 3. The Kier molecular flexibility index (Phi) is 34.4. The van der Waals surface area contributed by atoms with Gasteiger partial charge in [-0.15, -0.1) is 0 Å². The second-order valence-electron chi connectivity index (χ2n) is 17.7. The van der Waals surface area contributed by atoms with E-state index in [2.05, 4.69) is 59.6 Å². The van der Waals surface area contributed by atoms with Crippen molar-refractivity contribution in [3.05, 3.63) is 71.4 Å². The SMILES string of the molecule is CCCCC/C=C\C/C=C\C/C=C\C/C=C\CCCC(=O)O[C@H](COC(=O)CCCCCCCCCCCCCCCCC)COP(=O)(O)OP(=O)(O)OC[C@H]1O[C@@H](n2ccc(N)nc2=O)C(O)[C@H]1O. The van der Waals surface area contributed by atoms with Crippen LogP contribution in [0.3, 0.4) is 0 Å². The molecule has 0 amide bonds. The Balaban J connectivity index is 1.82. The number of rotatable bonds is 42. The number of carbonyl (C=O) groups excluding carboxylic acids is 2. The molecule has 2 heterocycles. The Morgan fingerprint density at radius 3 is 1.73 bits per heavy atom. The number of phosphoric ester groups is 2. The molecule has 1 aromatic heterocycles. The van der Waals surface area contributed by atoms with Crippen molar-refractivity contribution in [3.63, 3.8) is 0 Å². The fraction of sp³-hybridized carbons (Fsp3) is 0.720. The van der Waals surface area contributed by atoms with Crippen molar-refractivity contribution in [2.24, 2.45) is 0 Å². The van der Waals surface area contributed by atoms with Gasteiger partial charge in [0.15, 0.2) is 12.3 Å². The van der Waals surface area contributed by atoms with Crippen LogP contribution in [0.5, 0.6) is 0 Å². The number of phosphoric acid groups is 2. The summed E-state index contributed by atoms with van der Waals surface area (Å²) < 4.78 is 56.7. The van der Waals surface area contributed by atoms with E-state index in [1.807, 2.05) is 12.2 Å². The molecule has 0 bridgehead atoms. The maximum Gasteiger partial charge on any atom is 0.481 e. The Morgan fingerprint density at radius 1 is 0.686 bits per heavy atom. The van der Waals surface area contributed by atoms with Gasteiger partial charge in [-0.25, -0.2) is 13.9 Å². The number of nitrogen functional groups attached to an aromatic ring is 1. The van der Waals surface area contributed by atoms with E-state index in [1.165, 1.54) is 89.5 Å². The van der Waals surface area contributed by atoms with Crippen LogP contribution in [0.25, 0.3) is 0 Å². The van der Waals surface area contributed by atoms with E-state index in [0.29, 0.717) is 19.3 Å². The topological polar surface area (TPSA) is 265 Å². The zero-order valence-corrected chi connectivity index (χ0v) is 43.6. The van der Waals surface area contributed by atoms with Gasteiger partial charge in [-0.2, -0.15) is 9.29 Å². The van der Waals surface area contributed by atoms with Crippen LogP contribution in [-0.2, 0) is 46.3 Å². The highest BCUT2D eigenvalue weighted by molar-refractivity contribution is 7.61. The molecule has 3 unspecified atom stereocenters. The van der Waals surface area contributed by atoms with Crippen LogP contribution in [0.15, 0.2) is 65.7 Å². The minimum absolute atomic E-state index is 0.0251. The molecular weight excluding hydrogens is 945 g/mol. The van der Waals surface area contributed by atoms with Crippen LogP contribution in [0.2, 0.25) is 0 Å². The minimum atomic E-state index is -5.43. The van der Waals surface area contributed by atoms with Gasteiger partial charge in [-0.1, -0.05) is 165 Å². The molecule has 0 saturated carbocycles. The number of esters is 2. The smallest absolute Gasteiger partial charge is 0.462 e. The predicted molar refractivity (Wildman–Crippen MR) is 270 cm³/mol. The van der Waals surface area contributed by atoms with E-state index in [0.717, 1.165) is 62.1 Å². The molecule has 1 saturated heterocycles. The highest BCUT2D eigenvalue weighted by atomic mass is 31.3. The molecule has 2 rings (SSSR count). The van der Waals surface area contributed by atoms with Gasteiger partial charge in [0.25, 0.3) is 0 Å². The average Bonchev–Trinajstić information content (AvgIpc) is 3.59. The molecule has 400 valence electrons. The molecule has 1 aromatic rings. The first kappa shape index (κ1) is 62.8. The van der Waals surface area contributed by atoms with Gasteiger partial charge in [0, 0.05) is 19.0 Å². The van der Waals surface area contributed by atoms with Gasteiger partial charge >= 0.3 is 33.3 Å². The normalized spacial score (nSPS) is 19.6. The van der Waals surface area contributed by atoms with Gasteiger partial charge < -0.3 is 39.9 Å². The summed E-state index contributed by atoms with van der Waals surface area (Å²) in [5.41, 5.74) is 4.58. The monoisotopic (exact) mass is 1030 g/mol. The summed E-state index contributed by atoms with van der Waals surface area (Å²) in [4.78, 5) is 61.9. The van der Waals surface area contributed by atoms with Crippen LogP contribution in [0.4, 0.5) is 5.82 Å². The molecule has 6 N–H and O–H groups in total. The number of nitrogens with zero attached hydrogens (tertiary/aromatic N) is 2. The Labute approximate surface area is 416 Å². The summed E-state index contributed by atoms with van der Waals surface area (Å²) >= 11 is 0. The number of anilines is 1. The lowest BCUT2D eigenvalue weighted by Gasteiger charge is -2.21. The van der Waals surface area contributed by atoms with Gasteiger partial charge in [0.05, 0.1) is 13.2 Å². The molecule has 1 fully saturated rings. The second kappa shape index (κ2) is 38.4. The summed E-state index contributed by atoms with van der Waals surface area (Å²) in [5.74, 6) is -1.36. The third-order valence-electron chi connectivity index (χ3n) is 11.4. The zero-order chi connectivity index (χ0) is 51.3. The fourth-order valence-corrected chi connectivity index (χ4v) is 9.53. The van der Waals surface area contributed by atoms with E-state index < -0.39 is 83.7 Å². The van der Waals surface area contributed by atoms with Crippen molar-refractivity contribution in [1.82, 2.24) is 9.55 Å². The van der Waals surface area contributed by atoms with E-state index in [1.54, 1.807) is 0 Å². The number of aliphatic hydroxyl groups is 2. The summed E-state index contributed by atoms with van der Waals surface area (Å²) in [6.07, 6.45) is 36.2. The predicted octanol–water partition coefficient (Wildman–Crippen LogP) is 10.6. The average molecular weight is 1030 g/mol. The van der Waals surface area contributed by atoms with Crippen LogP contribution >= 0.6 is 15.6 Å². The van der Waals surface area contributed by atoms with Crippen molar-refractivity contribution in [2.75, 3.05) is 25.6 Å². The van der Waals surface area contributed by atoms with Crippen molar-refractivity contribution >= 4 is 33.4 Å². The van der Waals surface area contributed by atoms with Crippen LogP contribution in [0, 0.1) is 0 Å². The number of unbranched alkanes of at least 4 members (excludes halogenated alkanes) is 18. The first-order valence-corrected chi connectivity index (χ1v) is 28.6. The molecule has 0 aromatic carbocycles. The first-order valence-electron chi connectivity index (χ1n) is 25.6. The number of nitrogens with two attached hydrogens (primary N) is 1. The summed E-state index contributed by atoms with van der Waals surface area (Å²) in [7, 11) is -10.9. The maximum absolute atomic E-state index is 12.8. The number of carbonyl (C=O) groups is 2. The van der Waals surface area contributed by atoms with E-state index in [9.17, 15) is 43.5 Å². The van der Waals surface area contributed by atoms with Gasteiger partial charge in [-0.05, 0) is 57.4 Å². The molecule has 7 atom stereocenters. The van der Waals surface area contributed by atoms with Crippen LogP contribution in [0.1, 0.15) is 187 Å². The van der Waals surface area contributed by atoms with Gasteiger partial charge in [-0.3, -0.25) is 23.2 Å². The van der Waals surface area contributed by atoms with Gasteiger partial charge in [0.1, 0.15) is 30.7 Å². The number of aromatic nitrogens is 2. The zero-order valence-electron chi connectivity index (χ0n) is 41.8. The van der Waals surface area contributed by atoms with E-state index in [-0.39, 0.29) is 18.7 Å². The fourth-order valence-electron chi connectivity index (χ4n) is 7.42. The van der Waals surface area contributed by atoms with Crippen molar-refractivity contribution < 1.29 is 66.3 Å². The Hall–Kier alpha value is -3.28. The third kappa shape index (κ3) is 30.6. The molecule has 0 radical (unpaired) electrons. The van der Waals surface area contributed by atoms with Crippen LogP contribution < -0.4 is 11.4 Å². The molecule has 1 aliphatic rings. The molecule has 0 aliphatic carbocycles. The van der Waals surface area contributed by atoms with Crippen molar-refractivity contribution in [2.45, 2.75) is 211 Å². The largest absolute Gasteiger partial charge is 0.481 e. The lowest BCUT2D eigenvalue weighted by atomic mass is 10.0. The van der Waals surface area contributed by atoms with E-state index in [4.69, 9.17) is 29.0 Å². The van der Waals surface area contributed by atoms with Gasteiger partial charge in [0.2, 0.25) is 0 Å². The number of hydrogen-bond acceptors (Lipinski definition) is 15.